The summed E-state index contributed by atoms with van der Waals surface area (Å²) in [6.45, 7) is 0. The Bertz CT molecular complexity index is 999. The summed E-state index contributed by atoms with van der Waals surface area (Å²) in [5.74, 6) is -0.159. The van der Waals surface area contributed by atoms with Crippen molar-refractivity contribution < 1.29 is 18.1 Å². The van der Waals surface area contributed by atoms with E-state index in [1.54, 1.807) is 0 Å². The Morgan fingerprint density at radius 3 is 2.34 bits per heavy atom. The summed E-state index contributed by atoms with van der Waals surface area (Å²) >= 11 is 0. The highest BCUT2D eigenvalue weighted by Gasteiger charge is 2.28. The first-order chi connectivity index (χ1) is 13.8. The molecule has 1 saturated carbocycles. The molecule has 0 aromatic heterocycles. The van der Waals surface area contributed by atoms with E-state index >= 15 is 0 Å². The van der Waals surface area contributed by atoms with E-state index in [1.165, 1.54) is 12.5 Å². The molecular weight excluding hydrogens is 392 g/mol. The van der Waals surface area contributed by atoms with Gasteiger partial charge in [-0.3, -0.25) is 14.9 Å². The van der Waals surface area contributed by atoms with Crippen LogP contribution in [0, 0.1) is 16.0 Å². The third-order valence-electron chi connectivity index (χ3n) is 5.38. The number of amides is 1. The SMILES string of the molecule is CS(=O)(=O)c1ccc(C(=O)N[C@H](c2ccccc2)C2CCCCC2)cc1[N+](=O)[O-]. The number of benzene rings is 2. The number of nitro benzene ring substituents is 1. The number of nitrogens with zero attached hydrogens (tertiary/aromatic N) is 1. The van der Waals surface area contributed by atoms with Gasteiger partial charge in [0.1, 0.15) is 4.90 Å². The second-order valence-corrected chi connectivity index (χ2v) is 9.46. The van der Waals surface area contributed by atoms with Crippen LogP contribution in [0.1, 0.15) is 54.1 Å². The molecule has 2 aromatic rings. The van der Waals surface area contributed by atoms with E-state index in [4.69, 9.17) is 0 Å². The lowest BCUT2D eigenvalue weighted by atomic mass is 9.81. The molecule has 1 amide bonds. The van der Waals surface area contributed by atoms with Crippen LogP contribution >= 0.6 is 0 Å². The molecule has 1 aliphatic carbocycles. The molecule has 0 unspecified atom stereocenters. The molecule has 1 aliphatic rings. The molecule has 1 fully saturated rings. The summed E-state index contributed by atoms with van der Waals surface area (Å²) in [7, 11) is -3.78. The highest BCUT2D eigenvalue weighted by molar-refractivity contribution is 7.90. The minimum atomic E-state index is -3.78. The summed E-state index contributed by atoms with van der Waals surface area (Å²) < 4.78 is 23.6. The number of rotatable bonds is 6. The van der Waals surface area contributed by atoms with E-state index in [2.05, 4.69) is 5.32 Å². The predicted octanol–water partition coefficient (Wildman–Crippen LogP) is 4.05. The van der Waals surface area contributed by atoms with Crippen molar-refractivity contribution in [1.82, 2.24) is 5.32 Å². The van der Waals surface area contributed by atoms with E-state index < -0.39 is 31.3 Å². The van der Waals surface area contributed by atoms with Crippen molar-refractivity contribution in [2.24, 2.45) is 5.92 Å². The van der Waals surface area contributed by atoms with Gasteiger partial charge in [0, 0.05) is 17.9 Å². The predicted molar refractivity (Wildman–Crippen MR) is 109 cm³/mol. The van der Waals surface area contributed by atoms with E-state index in [9.17, 15) is 23.3 Å². The Morgan fingerprint density at radius 1 is 1.10 bits per heavy atom. The molecule has 3 rings (SSSR count). The fraction of sp³-hybridized carbons (Fsp3) is 0.381. The first-order valence-corrected chi connectivity index (χ1v) is 11.5. The summed E-state index contributed by atoms with van der Waals surface area (Å²) in [4.78, 5) is 23.1. The highest BCUT2D eigenvalue weighted by Crippen LogP contribution is 2.35. The van der Waals surface area contributed by atoms with Crippen molar-refractivity contribution in [1.29, 1.82) is 0 Å². The molecule has 2 aromatic carbocycles. The van der Waals surface area contributed by atoms with Gasteiger partial charge in [0.15, 0.2) is 9.84 Å². The zero-order chi connectivity index (χ0) is 21.0. The minimum absolute atomic E-state index is 0.0702. The number of carbonyl (C=O) groups excluding carboxylic acids is 1. The van der Waals surface area contributed by atoms with E-state index in [1.807, 2.05) is 30.3 Å². The van der Waals surface area contributed by atoms with Crippen molar-refractivity contribution in [3.05, 3.63) is 69.8 Å². The zero-order valence-electron chi connectivity index (χ0n) is 16.2. The molecule has 1 N–H and O–H groups in total. The normalized spacial score (nSPS) is 16.2. The Kier molecular flexibility index (Phi) is 6.32. The van der Waals surface area contributed by atoms with Gasteiger partial charge in [0.25, 0.3) is 11.6 Å². The van der Waals surface area contributed by atoms with Crippen LogP contribution < -0.4 is 5.32 Å². The minimum Gasteiger partial charge on any atom is -0.345 e. The Hall–Kier alpha value is -2.74. The molecule has 0 radical (unpaired) electrons. The fourth-order valence-corrected chi connectivity index (χ4v) is 4.77. The number of sulfone groups is 1. The zero-order valence-corrected chi connectivity index (χ0v) is 17.0. The molecule has 1 atom stereocenters. The maximum absolute atomic E-state index is 12.9. The van der Waals surface area contributed by atoms with Crippen LogP contribution in [0.15, 0.2) is 53.4 Å². The fourth-order valence-electron chi connectivity index (χ4n) is 3.94. The lowest BCUT2D eigenvalue weighted by Crippen LogP contribution is -2.34. The molecule has 0 spiro atoms. The summed E-state index contributed by atoms with van der Waals surface area (Å²) in [6, 6.07) is 13.0. The molecule has 0 heterocycles. The van der Waals surface area contributed by atoms with Gasteiger partial charge in [-0.15, -0.1) is 0 Å². The van der Waals surface area contributed by atoms with Gasteiger partial charge in [-0.05, 0) is 36.5 Å². The average Bonchev–Trinajstić information content (AvgIpc) is 2.72. The third-order valence-corrected chi connectivity index (χ3v) is 6.53. The van der Waals surface area contributed by atoms with Crippen LogP contribution in [0.5, 0.6) is 0 Å². The van der Waals surface area contributed by atoms with Crippen molar-refractivity contribution in [2.45, 2.75) is 43.0 Å². The molecule has 0 aliphatic heterocycles. The molecule has 0 bridgehead atoms. The van der Waals surface area contributed by atoms with E-state index in [0.717, 1.165) is 49.6 Å². The maximum Gasteiger partial charge on any atom is 0.288 e. The van der Waals surface area contributed by atoms with Crippen LogP contribution in [-0.4, -0.2) is 25.5 Å². The largest absolute Gasteiger partial charge is 0.345 e. The first-order valence-electron chi connectivity index (χ1n) is 9.61. The average molecular weight is 416 g/mol. The van der Waals surface area contributed by atoms with Gasteiger partial charge in [0.2, 0.25) is 0 Å². The highest BCUT2D eigenvalue weighted by atomic mass is 32.2. The topological polar surface area (TPSA) is 106 Å². The van der Waals surface area contributed by atoms with Crippen molar-refractivity contribution in [3.8, 4) is 0 Å². The van der Waals surface area contributed by atoms with Gasteiger partial charge in [0.05, 0.1) is 11.0 Å². The molecule has 0 saturated heterocycles. The molecule has 154 valence electrons. The van der Waals surface area contributed by atoms with Crippen LogP contribution in [-0.2, 0) is 9.84 Å². The van der Waals surface area contributed by atoms with Gasteiger partial charge in [-0.2, -0.15) is 0 Å². The van der Waals surface area contributed by atoms with Crippen LogP contribution in [0.2, 0.25) is 0 Å². The quantitative estimate of drug-likeness (QED) is 0.565. The second-order valence-electron chi connectivity index (χ2n) is 7.47. The lowest BCUT2D eigenvalue weighted by molar-refractivity contribution is -0.387. The summed E-state index contributed by atoms with van der Waals surface area (Å²) in [5.41, 5.74) is 0.477. The summed E-state index contributed by atoms with van der Waals surface area (Å²) in [5, 5.41) is 14.4. The lowest BCUT2D eigenvalue weighted by Gasteiger charge is -2.31. The number of carbonyl (C=O) groups is 1. The van der Waals surface area contributed by atoms with Gasteiger partial charge < -0.3 is 5.32 Å². The maximum atomic E-state index is 12.9. The summed E-state index contributed by atoms with van der Waals surface area (Å²) in [6.07, 6.45) is 6.32. The first kappa shape index (κ1) is 21.0. The van der Waals surface area contributed by atoms with Gasteiger partial charge in [-0.25, -0.2) is 8.42 Å². The van der Waals surface area contributed by atoms with Crippen LogP contribution in [0.3, 0.4) is 0 Å². The third kappa shape index (κ3) is 5.00. The molecule has 7 nitrogen and oxygen atoms in total. The number of nitrogens with one attached hydrogen (secondary N) is 1. The van der Waals surface area contributed by atoms with Crippen molar-refractivity contribution >= 4 is 21.4 Å². The van der Waals surface area contributed by atoms with Crippen molar-refractivity contribution in [2.75, 3.05) is 6.26 Å². The number of hydrogen-bond donors (Lipinski definition) is 1. The standard InChI is InChI=1S/C21H24N2O5S/c1-29(27,28)19-13-12-17(14-18(19)23(25)26)21(24)22-20(15-8-4-2-5-9-15)16-10-6-3-7-11-16/h2,4-5,8-9,12-14,16,20H,3,6-7,10-11H2,1H3,(H,22,24)/t20-/m1/s1. The van der Waals surface area contributed by atoms with Crippen molar-refractivity contribution in [3.63, 3.8) is 0 Å². The van der Waals surface area contributed by atoms with E-state index in [-0.39, 0.29) is 11.6 Å². The Labute approximate surface area is 170 Å². The van der Waals surface area contributed by atoms with Crippen LogP contribution in [0.4, 0.5) is 5.69 Å². The molecule has 8 heteroatoms. The number of nitro groups is 1. The molecular formula is C21H24N2O5S. The molecule has 29 heavy (non-hydrogen) atoms. The van der Waals surface area contributed by atoms with E-state index in [0.29, 0.717) is 5.92 Å². The van der Waals surface area contributed by atoms with Gasteiger partial charge >= 0.3 is 0 Å². The smallest absolute Gasteiger partial charge is 0.288 e. The Morgan fingerprint density at radius 2 is 1.76 bits per heavy atom. The van der Waals surface area contributed by atoms with Gasteiger partial charge in [-0.1, -0.05) is 49.6 Å². The number of hydrogen-bond acceptors (Lipinski definition) is 5. The van der Waals surface area contributed by atoms with Crippen LogP contribution in [0.25, 0.3) is 0 Å². The second kappa shape index (κ2) is 8.73. The monoisotopic (exact) mass is 416 g/mol. The Balaban J connectivity index is 1.91.